The number of nitrogens with one attached hydrogen (secondary N) is 3. The number of rotatable bonds is 6. The zero-order valence-corrected chi connectivity index (χ0v) is 16.6. The molecule has 0 atom stereocenters. The lowest BCUT2D eigenvalue weighted by molar-refractivity contribution is -0.116. The third kappa shape index (κ3) is 6.75. The summed E-state index contributed by atoms with van der Waals surface area (Å²) in [5, 5.41) is 3.33. The standard InChI is InChI=1S/C21H25N3O2S/c1-4-26-19-8-6-5-7-17(19)11-14-20(25)23-24-21(27)22-18-12-9-16(10-13-18)15(2)3/h5-15H,4H2,1-3H3,(H,23,25)(H2,22,24,27)/b14-11+. The van der Waals surface area contributed by atoms with Crippen molar-refractivity contribution < 1.29 is 9.53 Å². The van der Waals surface area contributed by atoms with E-state index in [1.54, 1.807) is 6.08 Å². The highest BCUT2D eigenvalue weighted by molar-refractivity contribution is 7.80. The number of carbonyl (C=O) groups excluding carboxylic acids is 1. The average Bonchev–Trinajstić information content (AvgIpc) is 2.66. The van der Waals surface area contributed by atoms with E-state index >= 15 is 0 Å². The quantitative estimate of drug-likeness (QED) is 0.396. The summed E-state index contributed by atoms with van der Waals surface area (Å²) in [5.41, 5.74) is 8.16. The van der Waals surface area contributed by atoms with Crippen molar-refractivity contribution in [3.63, 3.8) is 0 Å². The second kappa shape index (κ2) is 10.3. The molecule has 0 aromatic heterocycles. The van der Waals surface area contributed by atoms with Gasteiger partial charge in [0.15, 0.2) is 5.11 Å². The Bertz CT molecular complexity index is 801. The molecule has 2 aromatic rings. The Kier molecular flexibility index (Phi) is 7.82. The molecule has 0 aliphatic rings. The lowest BCUT2D eigenvalue weighted by Crippen LogP contribution is -2.43. The van der Waals surface area contributed by atoms with Gasteiger partial charge >= 0.3 is 0 Å². The number of carbonyl (C=O) groups is 1. The van der Waals surface area contributed by atoms with Gasteiger partial charge in [0.2, 0.25) is 0 Å². The first-order valence-electron chi connectivity index (χ1n) is 8.86. The summed E-state index contributed by atoms with van der Waals surface area (Å²) in [6, 6.07) is 15.5. The van der Waals surface area contributed by atoms with Gasteiger partial charge in [-0.15, -0.1) is 0 Å². The molecule has 5 nitrogen and oxygen atoms in total. The molecule has 142 valence electrons. The van der Waals surface area contributed by atoms with Crippen molar-refractivity contribution in [2.24, 2.45) is 0 Å². The van der Waals surface area contributed by atoms with E-state index in [0.29, 0.717) is 17.6 Å². The van der Waals surface area contributed by atoms with Crippen molar-refractivity contribution in [1.29, 1.82) is 0 Å². The number of hydrogen-bond donors (Lipinski definition) is 3. The second-order valence-corrected chi connectivity index (χ2v) is 6.56. The van der Waals surface area contributed by atoms with Crippen molar-refractivity contribution in [3.05, 3.63) is 65.7 Å². The summed E-state index contributed by atoms with van der Waals surface area (Å²) < 4.78 is 5.53. The molecule has 0 saturated heterocycles. The molecule has 0 heterocycles. The maximum absolute atomic E-state index is 12.0. The van der Waals surface area contributed by atoms with Crippen molar-refractivity contribution >= 4 is 35.0 Å². The molecule has 6 heteroatoms. The molecule has 0 unspecified atom stereocenters. The third-order valence-electron chi connectivity index (χ3n) is 3.77. The fraction of sp³-hybridized carbons (Fsp3) is 0.238. The number of hydrazine groups is 1. The smallest absolute Gasteiger partial charge is 0.262 e. The minimum atomic E-state index is -0.319. The summed E-state index contributed by atoms with van der Waals surface area (Å²) in [6.45, 7) is 6.77. The molecule has 0 spiro atoms. The first-order chi connectivity index (χ1) is 13.0. The van der Waals surface area contributed by atoms with Crippen molar-refractivity contribution in [1.82, 2.24) is 10.9 Å². The minimum Gasteiger partial charge on any atom is -0.493 e. The Morgan fingerprint density at radius 3 is 2.48 bits per heavy atom. The third-order valence-corrected chi connectivity index (χ3v) is 3.97. The van der Waals surface area contributed by atoms with Gasteiger partial charge in [0.1, 0.15) is 5.75 Å². The first kappa shape index (κ1) is 20.5. The molecule has 2 rings (SSSR count). The van der Waals surface area contributed by atoms with Crippen LogP contribution in [-0.4, -0.2) is 17.6 Å². The Labute approximate surface area is 165 Å². The zero-order chi connectivity index (χ0) is 19.6. The monoisotopic (exact) mass is 383 g/mol. The SMILES string of the molecule is CCOc1ccccc1/C=C/C(=O)NNC(=S)Nc1ccc(C(C)C)cc1. The summed E-state index contributed by atoms with van der Waals surface area (Å²) in [5.74, 6) is 0.891. The Hall–Kier alpha value is -2.86. The van der Waals surface area contributed by atoms with Gasteiger partial charge < -0.3 is 10.1 Å². The summed E-state index contributed by atoms with van der Waals surface area (Å²) in [6.07, 6.45) is 3.12. The molecule has 1 amide bonds. The highest BCUT2D eigenvalue weighted by Crippen LogP contribution is 2.19. The van der Waals surface area contributed by atoms with E-state index in [0.717, 1.165) is 17.0 Å². The molecular formula is C21H25N3O2S. The van der Waals surface area contributed by atoms with Crippen LogP contribution in [-0.2, 0) is 4.79 Å². The fourth-order valence-corrected chi connectivity index (χ4v) is 2.51. The molecule has 0 fully saturated rings. The van der Waals surface area contributed by atoms with Crippen molar-refractivity contribution in [2.75, 3.05) is 11.9 Å². The summed E-state index contributed by atoms with van der Waals surface area (Å²) in [7, 11) is 0. The van der Waals surface area contributed by atoms with Gasteiger partial charge in [-0.1, -0.05) is 44.2 Å². The van der Waals surface area contributed by atoms with E-state index in [9.17, 15) is 4.79 Å². The fourth-order valence-electron chi connectivity index (χ4n) is 2.34. The van der Waals surface area contributed by atoms with E-state index in [-0.39, 0.29) is 5.91 Å². The van der Waals surface area contributed by atoms with Gasteiger partial charge in [-0.2, -0.15) is 0 Å². The van der Waals surface area contributed by atoms with Crippen LogP contribution in [0.3, 0.4) is 0 Å². The number of ether oxygens (including phenoxy) is 1. The molecule has 3 N–H and O–H groups in total. The van der Waals surface area contributed by atoms with Crippen LogP contribution in [0.4, 0.5) is 5.69 Å². The zero-order valence-electron chi connectivity index (χ0n) is 15.8. The second-order valence-electron chi connectivity index (χ2n) is 6.15. The van der Waals surface area contributed by atoms with Crippen LogP contribution in [0.1, 0.15) is 37.8 Å². The topological polar surface area (TPSA) is 62.4 Å². The van der Waals surface area contributed by atoms with Crippen LogP contribution in [0.5, 0.6) is 5.75 Å². The summed E-state index contributed by atoms with van der Waals surface area (Å²) >= 11 is 5.19. The number of amides is 1. The van der Waals surface area contributed by atoms with E-state index < -0.39 is 0 Å². The van der Waals surface area contributed by atoms with Crippen LogP contribution >= 0.6 is 12.2 Å². The predicted octanol–water partition coefficient (Wildman–Crippen LogP) is 4.24. The van der Waals surface area contributed by atoms with Crippen molar-refractivity contribution in [3.8, 4) is 5.75 Å². The van der Waals surface area contributed by atoms with Crippen LogP contribution < -0.4 is 20.9 Å². The lowest BCUT2D eigenvalue weighted by Gasteiger charge is -2.12. The van der Waals surface area contributed by atoms with Crippen molar-refractivity contribution in [2.45, 2.75) is 26.7 Å². The molecule has 0 aliphatic heterocycles. The molecule has 27 heavy (non-hydrogen) atoms. The number of anilines is 1. The van der Waals surface area contributed by atoms with Gasteiger partial charge in [-0.25, -0.2) is 0 Å². The van der Waals surface area contributed by atoms with E-state index in [1.807, 2.05) is 55.5 Å². The number of thiocarbonyl (C=S) groups is 1. The molecule has 0 radical (unpaired) electrons. The highest BCUT2D eigenvalue weighted by atomic mass is 32.1. The van der Waals surface area contributed by atoms with Gasteiger partial charge in [0.25, 0.3) is 5.91 Å². The van der Waals surface area contributed by atoms with Gasteiger partial charge in [0.05, 0.1) is 6.61 Å². The molecule has 0 saturated carbocycles. The van der Waals surface area contributed by atoms with Crippen LogP contribution in [0.15, 0.2) is 54.6 Å². The van der Waals surface area contributed by atoms with Crippen LogP contribution in [0.25, 0.3) is 6.08 Å². The normalized spacial score (nSPS) is 10.7. The Morgan fingerprint density at radius 2 is 1.81 bits per heavy atom. The number of para-hydroxylation sites is 1. The first-order valence-corrected chi connectivity index (χ1v) is 9.27. The Balaban J connectivity index is 1.83. The number of hydrogen-bond acceptors (Lipinski definition) is 3. The summed E-state index contributed by atoms with van der Waals surface area (Å²) in [4.78, 5) is 12.0. The largest absolute Gasteiger partial charge is 0.493 e. The molecule has 2 aromatic carbocycles. The van der Waals surface area contributed by atoms with Gasteiger partial charge in [-0.05, 0) is 54.9 Å². The highest BCUT2D eigenvalue weighted by Gasteiger charge is 2.03. The predicted molar refractivity (Wildman–Crippen MR) is 115 cm³/mol. The van der Waals surface area contributed by atoms with Crippen LogP contribution in [0, 0.1) is 0 Å². The Morgan fingerprint density at radius 1 is 1.11 bits per heavy atom. The van der Waals surface area contributed by atoms with E-state index in [4.69, 9.17) is 17.0 Å². The lowest BCUT2D eigenvalue weighted by atomic mass is 10.0. The van der Waals surface area contributed by atoms with Gasteiger partial charge in [0, 0.05) is 17.3 Å². The molecular weight excluding hydrogens is 358 g/mol. The van der Waals surface area contributed by atoms with Gasteiger partial charge in [-0.3, -0.25) is 15.6 Å². The minimum absolute atomic E-state index is 0.309. The maximum atomic E-state index is 12.0. The van der Waals surface area contributed by atoms with Crippen LogP contribution in [0.2, 0.25) is 0 Å². The number of benzene rings is 2. The maximum Gasteiger partial charge on any atom is 0.262 e. The molecule has 0 bridgehead atoms. The molecule has 0 aliphatic carbocycles. The van der Waals surface area contributed by atoms with E-state index in [2.05, 4.69) is 30.0 Å². The van der Waals surface area contributed by atoms with E-state index in [1.165, 1.54) is 11.6 Å². The average molecular weight is 384 g/mol.